The lowest BCUT2D eigenvalue weighted by Gasteiger charge is -2.31. The topological polar surface area (TPSA) is 60.2 Å². The first-order chi connectivity index (χ1) is 17.2. The zero-order chi connectivity index (χ0) is 25.3. The molecule has 1 fully saturated rings. The van der Waals surface area contributed by atoms with Crippen molar-refractivity contribution in [3.8, 4) is 5.19 Å². The Bertz CT molecular complexity index is 1210. The molecule has 9 heteroatoms. The zero-order valence-electron chi connectivity index (χ0n) is 21.0. The highest BCUT2D eigenvalue weighted by molar-refractivity contribution is 7.13. The molecule has 36 heavy (non-hydrogen) atoms. The summed E-state index contributed by atoms with van der Waals surface area (Å²) in [5.74, 6) is -1.49. The quantitative estimate of drug-likeness (QED) is 0.332. The van der Waals surface area contributed by atoms with Crippen LogP contribution in [0.3, 0.4) is 0 Å². The number of halogens is 2. The third-order valence-electron chi connectivity index (χ3n) is 7.59. The Morgan fingerprint density at radius 3 is 2.78 bits per heavy atom. The predicted octanol–water partition coefficient (Wildman–Crippen LogP) is 5.89. The summed E-state index contributed by atoms with van der Waals surface area (Å²) >= 11 is 1.40. The SMILES string of the molecule is Cn1cnc2c(C(=O)CC3CCC(CCN4CCc5sc(OCC(C)(F)F)nc5C4)CC3)cccc21. The Kier molecular flexibility index (Phi) is 7.40. The number of carbonyl (C=O) groups is 1. The van der Waals surface area contributed by atoms with Crippen LogP contribution in [0.4, 0.5) is 8.78 Å². The van der Waals surface area contributed by atoms with Gasteiger partial charge in [0.1, 0.15) is 0 Å². The van der Waals surface area contributed by atoms with Crippen molar-refractivity contribution in [3.05, 3.63) is 40.7 Å². The van der Waals surface area contributed by atoms with Crippen LogP contribution in [-0.4, -0.2) is 50.8 Å². The average molecular weight is 517 g/mol. The molecule has 194 valence electrons. The van der Waals surface area contributed by atoms with E-state index in [1.807, 2.05) is 29.8 Å². The summed E-state index contributed by atoms with van der Waals surface area (Å²) < 4.78 is 33.3. The van der Waals surface area contributed by atoms with Gasteiger partial charge in [-0.2, -0.15) is 0 Å². The number of hydrogen-bond acceptors (Lipinski definition) is 6. The first kappa shape index (κ1) is 25.3. The van der Waals surface area contributed by atoms with Gasteiger partial charge in [-0.25, -0.2) is 18.7 Å². The van der Waals surface area contributed by atoms with Crippen LogP contribution in [-0.2, 0) is 20.0 Å². The number of imidazole rings is 1. The van der Waals surface area contributed by atoms with Crippen molar-refractivity contribution in [2.45, 2.75) is 64.3 Å². The molecule has 0 atom stereocenters. The molecule has 1 aromatic carbocycles. The zero-order valence-corrected chi connectivity index (χ0v) is 21.8. The summed E-state index contributed by atoms with van der Waals surface area (Å²) in [6, 6.07) is 5.85. The number of carbonyl (C=O) groups excluding carboxylic acids is 1. The Hall–Kier alpha value is -2.39. The fourth-order valence-corrected chi connectivity index (χ4v) is 6.42. The molecular formula is C27H34F2N4O2S. The number of Topliss-reactive ketones (excluding diaryl/α,β-unsaturated/α-hetero) is 1. The van der Waals surface area contributed by atoms with Crippen LogP contribution in [0, 0.1) is 11.8 Å². The maximum absolute atomic E-state index is 13.1. The molecule has 3 heterocycles. The second kappa shape index (κ2) is 10.5. The molecule has 0 unspecified atom stereocenters. The normalized spacial score (nSPS) is 21.0. The Labute approximate surface area is 214 Å². The van der Waals surface area contributed by atoms with Gasteiger partial charge in [-0.1, -0.05) is 30.2 Å². The third kappa shape index (κ3) is 5.94. The number of nitrogens with zero attached hydrogens (tertiary/aromatic N) is 4. The first-order valence-corrected chi connectivity index (χ1v) is 13.7. The number of alkyl halides is 2. The van der Waals surface area contributed by atoms with Crippen molar-refractivity contribution in [1.82, 2.24) is 19.4 Å². The number of hydrogen-bond donors (Lipinski definition) is 0. The van der Waals surface area contributed by atoms with Crippen molar-refractivity contribution in [1.29, 1.82) is 0 Å². The number of benzene rings is 1. The van der Waals surface area contributed by atoms with Gasteiger partial charge in [-0.15, -0.1) is 0 Å². The molecule has 0 spiro atoms. The minimum absolute atomic E-state index is 0.209. The number of fused-ring (bicyclic) bond motifs is 2. The van der Waals surface area contributed by atoms with E-state index in [0.29, 0.717) is 23.5 Å². The van der Waals surface area contributed by atoms with E-state index >= 15 is 0 Å². The van der Waals surface area contributed by atoms with E-state index in [9.17, 15) is 13.6 Å². The number of aromatic nitrogens is 3. The van der Waals surface area contributed by atoms with Gasteiger partial charge < -0.3 is 9.30 Å². The Morgan fingerprint density at radius 1 is 1.22 bits per heavy atom. The number of aryl methyl sites for hydroxylation is 1. The van der Waals surface area contributed by atoms with Gasteiger partial charge in [0, 0.05) is 43.9 Å². The number of rotatable bonds is 9. The van der Waals surface area contributed by atoms with Crippen LogP contribution in [0.1, 0.15) is 66.4 Å². The summed E-state index contributed by atoms with van der Waals surface area (Å²) in [5.41, 5.74) is 3.54. The van der Waals surface area contributed by atoms with Gasteiger partial charge in [0.15, 0.2) is 12.4 Å². The Balaban J connectivity index is 1.06. The van der Waals surface area contributed by atoms with E-state index in [2.05, 4.69) is 14.9 Å². The standard InChI is InChI=1S/C27H34F2N4O2S/c1-27(28,29)16-35-26-31-21-15-33(13-11-24(21)36-26)12-10-18-6-8-19(9-7-18)14-23(34)20-4-3-5-22-25(20)30-17-32(22)2/h3-5,17-19H,6-16H2,1-2H3. The summed E-state index contributed by atoms with van der Waals surface area (Å²) in [6.07, 6.45) is 8.98. The van der Waals surface area contributed by atoms with Gasteiger partial charge >= 0.3 is 0 Å². The van der Waals surface area contributed by atoms with Crippen LogP contribution in [0.25, 0.3) is 11.0 Å². The van der Waals surface area contributed by atoms with E-state index in [-0.39, 0.29) is 5.78 Å². The molecule has 5 rings (SSSR count). The molecule has 2 aliphatic rings. The summed E-state index contributed by atoms with van der Waals surface area (Å²) in [5, 5.41) is 0.357. The number of ether oxygens (including phenoxy) is 1. The molecule has 2 aromatic heterocycles. The van der Waals surface area contributed by atoms with Crippen LogP contribution in [0.2, 0.25) is 0 Å². The molecule has 0 bridgehead atoms. The second-order valence-electron chi connectivity index (χ2n) is 10.6. The van der Waals surface area contributed by atoms with Crippen LogP contribution in [0.15, 0.2) is 24.5 Å². The first-order valence-electron chi connectivity index (χ1n) is 12.9. The van der Waals surface area contributed by atoms with Crippen LogP contribution in [0.5, 0.6) is 5.19 Å². The lowest BCUT2D eigenvalue weighted by molar-refractivity contribution is -0.0230. The number of thiazole rings is 1. The average Bonchev–Trinajstić information content (AvgIpc) is 3.44. The van der Waals surface area contributed by atoms with Crippen LogP contribution >= 0.6 is 11.3 Å². The fraction of sp³-hybridized carbons (Fsp3) is 0.593. The fourth-order valence-electron chi connectivity index (χ4n) is 5.51. The highest BCUT2D eigenvalue weighted by Gasteiger charge is 2.27. The molecular weight excluding hydrogens is 482 g/mol. The third-order valence-corrected chi connectivity index (χ3v) is 8.66. The van der Waals surface area contributed by atoms with Crippen LogP contribution < -0.4 is 4.74 Å². The molecule has 0 saturated heterocycles. The second-order valence-corrected chi connectivity index (χ2v) is 11.6. The highest BCUT2D eigenvalue weighted by atomic mass is 32.1. The largest absolute Gasteiger partial charge is 0.464 e. The lowest BCUT2D eigenvalue weighted by atomic mass is 9.78. The molecule has 3 aromatic rings. The van der Waals surface area contributed by atoms with Gasteiger partial charge in [0.2, 0.25) is 0 Å². The monoisotopic (exact) mass is 516 g/mol. The van der Waals surface area contributed by atoms with E-state index in [0.717, 1.165) is 79.4 Å². The summed E-state index contributed by atoms with van der Waals surface area (Å²) in [4.78, 5) is 25.5. The molecule has 0 radical (unpaired) electrons. The minimum Gasteiger partial charge on any atom is -0.464 e. The van der Waals surface area contributed by atoms with E-state index < -0.39 is 12.5 Å². The predicted molar refractivity (Wildman–Crippen MR) is 137 cm³/mol. The molecule has 0 amide bonds. The van der Waals surface area contributed by atoms with Crippen molar-refractivity contribution in [2.75, 3.05) is 19.7 Å². The minimum atomic E-state index is -2.85. The maximum atomic E-state index is 13.1. The molecule has 0 N–H and O–H groups in total. The van der Waals surface area contributed by atoms with Crippen molar-refractivity contribution >= 4 is 28.2 Å². The van der Waals surface area contributed by atoms with Crippen molar-refractivity contribution < 1.29 is 18.3 Å². The highest BCUT2D eigenvalue weighted by Crippen LogP contribution is 2.35. The number of ketones is 1. The van der Waals surface area contributed by atoms with E-state index in [1.54, 1.807) is 6.33 Å². The lowest BCUT2D eigenvalue weighted by Crippen LogP contribution is -2.32. The van der Waals surface area contributed by atoms with Crippen molar-refractivity contribution in [2.24, 2.45) is 18.9 Å². The molecule has 6 nitrogen and oxygen atoms in total. The Morgan fingerprint density at radius 2 is 2.00 bits per heavy atom. The number of para-hydroxylation sites is 1. The van der Waals surface area contributed by atoms with Crippen molar-refractivity contribution in [3.63, 3.8) is 0 Å². The molecule has 1 saturated carbocycles. The van der Waals surface area contributed by atoms with Gasteiger partial charge in [0.05, 0.1) is 23.1 Å². The van der Waals surface area contributed by atoms with Gasteiger partial charge in [-0.3, -0.25) is 9.69 Å². The van der Waals surface area contributed by atoms with Gasteiger partial charge in [-0.05, 0) is 56.2 Å². The summed E-state index contributed by atoms with van der Waals surface area (Å²) in [6.45, 7) is 2.99. The summed E-state index contributed by atoms with van der Waals surface area (Å²) in [7, 11) is 1.95. The molecule has 1 aliphatic carbocycles. The van der Waals surface area contributed by atoms with E-state index in [1.165, 1.54) is 24.2 Å². The smallest absolute Gasteiger partial charge is 0.278 e. The van der Waals surface area contributed by atoms with Gasteiger partial charge in [0.25, 0.3) is 11.1 Å². The maximum Gasteiger partial charge on any atom is 0.278 e. The van der Waals surface area contributed by atoms with E-state index in [4.69, 9.17) is 4.74 Å². The molecule has 1 aliphatic heterocycles.